The Hall–Kier alpha value is -2.98. The number of sulfone groups is 1. The summed E-state index contributed by atoms with van der Waals surface area (Å²) >= 11 is 0. The van der Waals surface area contributed by atoms with E-state index in [2.05, 4.69) is 0 Å². The first-order chi connectivity index (χ1) is 12.8. The third kappa shape index (κ3) is 4.07. The lowest BCUT2D eigenvalue weighted by Gasteiger charge is -2.20. The largest absolute Gasteiger partial charge is 0.467 e. The molecular formula is C17H15NO8S. The van der Waals surface area contributed by atoms with Crippen molar-refractivity contribution in [1.82, 2.24) is 0 Å². The maximum Gasteiger partial charge on any atom is 0.339 e. The van der Waals surface area contributed by atoms with Gasteiger partial charge < -0.3 is 14.2 Å². The van der Waals surface area contributed by atoms with Crippen molar-refractivity contribution in [1.29, 1.82) is 0 Å². The number of nitrogens with zero attached hydrogens (tertiary/aromatic N) is 1. The second-order valence-electron chi connectivity index (χ2n) is 5.81. The average molecular weight is 393 g/mol. The van der Waals surface area contributed by atoms with Crippen LogP contribution in [0.2, 0.25) is 0 Å². The van der Waals surface area contributed by atoms with E-state index in [1.807, 2.05) is 0 Å². The highest BCUT2D eigenvalue weighted by Gasteiger charge is 2.23. The lowest BCUT2D eigenvalue weighted by molar-refractivity contribution is -0.385. The van der Waals surface area contributed by atoms with Crippen LogP contribution in [0.25, 0.3) is 0 Å². The van der Waals surface area contributed by atoms with Crippen LogP contribution < -0.4 is 4.74 Å². The Bertz CT molecular complexity index is 1020. The number of rotatable bonds is 5. The van der Waals surface area contributed by atoms with Gasteiger partial charge in [-0.3, -0.25) is 10.1 Å². The van der Waals surface area contributed by atoms with Crippen molar-refractivity contribution in [2.75, 3.05) is 13.0 Å². The molecule has 3 rings (SSSR count). The second kappa shape index (κ2) is 7.33. The van der Waals surface area contributed by atoms with Gasteiger partial charge in [-0.25, -0.2) is 13.2 Å². The number of carbonyl (C=O) groups is 1. The summed E-state index contributed by atoms with van der Waals surface area (Å²) in [7, 11) is -3.63. The first-order valence-electron chi connectivity index (χ1n) is 7.74. The second-order valence-corrected chi connectivity index (χ2v) is 7.79. The van der Waals surface area contributed by atoms with Crippen LogP contribution >= 0.6 is 0 Å². The molecule has 0 aliphatic carbocycles. The monoisotopic (exact) mass is 393 g/mol. The summed E-state index contributed by atoms with van der Waals surface area (Å²) in [5.74, 6) is -0.501. The van der Waals surface area contributed by atoms with Crippen LogP contribution in [0.3, 0.4) is 0 Å². The summed E-state index contributed by atoms with van der Waals surface area (Å²) in [5, 5.41) is 11.1. The Balaban J connectivity index is 1.88. The van der Waals surface area contributed by atoms with Gasteiger partial charge in [0.25, 0.3) is 5.69 Å². The standard InChI is InChI=1S/C17H15NO8S/c1-27(22,23)15-5-3-2-4-14(15)17(19)25-9-12-7-13(18(20)21)6-11-8-24-10-26-16(11)12/h2-7H,8-10H2,1H3. The van der Waals surface area contributed by atoms with Crippen LogP contribution in [0.1, 0.15) is 21.5 Å². The summed E-state index contributed by atoms with van der Waals surface area (Å²) in [6, 6.07) is 8.24. The molecule has 0 saturated carbocycles. The van der Waals surface area contributed by atoms with E-state index in [0.29, 0.717) is 16.9 Å². The van der Waals surface area contributed by atoms with Gasteiger partial charge in [0, 0.05) is 29.5 Å². The van der Waals surface area contributed by atoms with E-state index in [4.69, 9.17) is 14.2 Å². The fourth-order valence-corrected chi connectivity index (χ4v) is 3.55. The Morgan fingerprint density at radius 3 is 2.74 bits per heavy atom. The number of ether oxygens (including phenoxy) is 3. The molecule has 2 aromatic carbocycles. The van der Waals surface area contributed by atoms with Gasteiger partial charge >= 0.3 is 5.97 Å². The molecule has 9 nitrogen and oxygen atoms in total. The van der Waals surface area contributed by atoms with E-state index >= 15 is 0 Å². The highest BCUT2D eigenvalue weighted by Crippen LogP contribution is 2.33. The molecule has 0 atom stereocenters. The van der Waals surface area contributed by atoms with Gasteiger partial charge in [-0.1, -0.05) is 12.1 Å². The molecule has 27 heavy (non-hydrogen) atoms. The number of fused-ring (bicyclic) bond motifs is 1. The number of hydrogen-bond acceptors (Lipinski definition) is 8. The normalized spacial score (nSPS) is 13.4. The van der Waals surface area contributed by atoms with Gasteiger partial charge in [0.15, 0.2) is 16.6 Å². The van der Waals surface area contributed by atoms with Crippen molar-refractivity contribution in [2.45, 2.75) is 18.1 Å². The van der Waals surface area contributed by atoms with E-state index in [0.717, 1.165) is 6.26 Å². The number of non-ortho nitro benzene ring substituents is 1. The Labute approximate surface area is 154 Å². The fourth-order valence-electron chi connectivity index (χ4n) is 2.67. The van der Waals surface area contributed by atoms with Crippen LogP contribution in [0.4, 0.5) is 5.69 Å². The lowest BCUT2D eigenvalue weighted by atomic mass is 10.1. The molecule has 0 unspecified atom stereocenters. The summed E-state index contributed by atoms with van der Waals surface area (Å²) in [4.78, 5) is 22.8. The Kier molecular flexibility index (Phi) is 5.10. The van der Waals surface area contributed by atoms with Crippen molar-refractivity contribution in [3.63, 3.8) is 0 Å². The zero-order valence-corrected chi connectivity index (χ0v) is 15.0. The number of nitro groups is 1. The maximum atomic E-state index is 12.4. The molecule has 10 heteroatoms. The minimum Gasteiger partial charge on any atom is -0.467 e. The molecule has 142 valence electrons. The van der Waals surface area contributed by atoms with Crippen molar-refractivity contribution in [3.05, 3.63) is 63.2 Å². The molecule has 0 spiro atoms. The van der Waals surface area contributed by atoms with Gasteiger partial charge in [0.2, 0.25) is 0 Å². The molecule has 2 aromatic rings. The van der Waals surface area contributed by atoms with Crippen LogP contribution in [0.5, 0.6) is 5.75 Å². The van der Waals surface area contributed by atoms with E-state index < -0.39 is 20.7 Å². The molecule has 0 bridgehead atoms. The number of benzene rings is 2. The van der Waals surface area contributed by atoms with Crippen LogP contribution in [-0.2, 0) is 32.5 Å². The predicted octanol–water partition coefficient (Wildman–Crippen LogP) is 2.22. The highest BCUT2D eigenvalue weighted by atomic mass is 32.2. The number of esters is 1. The zero-order chi connectivity index (χ0) is 19.6. The quantitative estimate of drug-likeness (QED) is 0.430. The van der Waals surface area contributed by atoms with Crippen molar-refractivity contribution in [3.8, 4) is 5.75 Å². The van der Waals surface area contributed by atoms with Gasteiger partial charge in [0.1, 0.15) is 12.4 Å². The smallest absolute Gasteiger partial charge is 0.339 e. The SMILES string of the molecule is CS(=O)(=O)c1ccccc1C(=O)OCc1cc([N+](=O)[O-])cc2c1OCOC2. The minimum absolute atomic E-state index is 0.0251. The summed E-state index contributed by atoms with van der Waals surface area (Å²) in [6.45, 7) is -0.210. The molecule has 1 aliphatic heterocycles. The van der Waals surface area contributed by atoms with Gasteiger partial charge in [-0.05, 0) is 12.1 Å². The van der Waals surface area contributed by atoms with Crippen molar-refractivity contribution >= 4 is 21.5 Å². The van der Waals surface area contributed by atoms with Crippen molar-refractivity contribution in [2.24, 2.45) is 0 Å². The Morgan fingerprint density at radius 1 is 1.30 bits per heavy atom. The van der Waals surface area contributed by atoms with E-state index in [-0.39, 0.29) is 36.2 Å². The first-order valence-corrected chi connectivity index (χ1v) is 9.63. The molecule has 0 N–H and O–H groups in total. The highest BCUT2D eigenvalue weighted by molar-refractivity contribution is 7.90. The van der Waals surface area contributed by atoms with Gasteiger partial charge in [0.05, 0.1) is 22.0 Å². The molecule has 0 saturated heterocycles. The third-order valence-electron chi connectivity index (χ3n) is 3.85. The van der Waals surface area contributed by atoms with Gasteiger partial charge in [-0.2, -0.15) is 0 Å². The van der Waals surface area contributed by atoms with Crippen LogP contribution in [0, 0.1) is 10.1 Å². The Morgan fingerprint density at radius 2 is 2.04 bits per heavy atom. The lowest BCUT2D eigenvalue weighted by Crippen LogP contribution is -2.15. The molecule has 0 radical (unpaired) electrons. The van der Waals surface area contributed by atoms with E-state index in [1.54, 1.807) is 0 Å². The van der Waals surface area contributed by atoms with Gasteiger partial charge in [-0.15, -0.1) is 0 Å². The molecule has 1 aliphatic rings. The van der Waals surface area contributed by atoms with E-state index in [1.165, 1.54) is 36.4 Å². The maximum absolute atomic E-state index is 12.4. The topological polar surface area (TPSA) is 122 Å². The first kappa shape index (κ1) is 18.8. The van der Waals surface area contributed by atoms with Crippen molar-refractivity contribution < 1.29 is 32.3 Å². The summed E-state index contributed by atoms with van der Waals surface area (Å²) < 4.78 is 39.3. The van der Waals surface area contributed by atoms with E-state index in [9.17, 15) is 23.3 Å². The number of carbonyl (C=O) groups excluding carboxylic acids is 1. The predicted molar refractivity (Wildman–Crippen MR) is 92.1 cm³/mol. The fraction of sp³-hybridized carbons (Fsp3) is 0.235. The average Bonchev–Trinajstić information content (AvgIpc) is 2.64. The molecular weight excluding hydrogens is 378 g/mol. The summed E-state index contributed by atoms with van der Waals surface area (Å²) in [6.07, 6.45) is 0.990. The molecule has 0 fully saturated rings. The van der Waals surface area contributed by atoms with Crippen LogP contribution in [0.15, 0.2) is 41.3 Å². The minimum atomic E-state index is -3.63. The number of hydrogen-bond donors (Lipinski definition) is 0. The number of nitro benzene ring substituents is 1. The third-order valence-corrected chi connectivity index (χ3v) is 5.00. The zero-order valence-electron chi connectivity index (χ0n) is 14.2. The van der Waals surface area contributed by atoms with Crippen LogP contribution in [-0.4, -0.2) is 32.4 Å². The summed E-state index contributed by atoms with van der Waals surface area (Å²) in [5.41, 5.74) is 0.472. The molecule has 0 aromatic heterocycles. The molecule has 0 amide bonds. The molecule has 1 heterocycles.